The summed E-state index contributed by atoms with van der Waals surface area (Å²) in [4.78, 5) is -0.808. The smallest absolute Gasteiger partial charge is 0.207 e. The van der Waals surface area contributed by atoms with E-state index in [1.807, 2.05) is 0 Å². The summed E-state index contributed by atoms with van der Waals surface area (Å²) in [6, 6.07) is 4.46. The molecule has 1 heterocycles. The van der Waals surface area contributed by atoms with Crippen molar-refractivity contribution in [1.29, 1.82) is 0 Å². The second-order valence-corrected chi connectivity index (χ2v) is 8.37. The van der Waals surface area contributed by atoms with E-state index >= 15 is 0 Å². The maximum absolute atomic E-state index is 13.0. The summed E-state index contributed by atoms with van der Waals surface area (Å²) in [5.74, 6) is 0. The first-order valence-electron chi connectivity index (χ1n) is 6.87. The highest BCUT2D eigenvalue weighted by Crippen LogP contribution is 2.23. The van der Waals surface area contributed by atoms with Crippen LogP contribution in [-0.4, -0.2) is 34.2 Å². The van der Waals surface area contributed by atoms with E-state index in [9.17, 15) is 20.7 Å². The molecule has 0 unspecified atom stereocenters. The van der Waals surface area contributed by atoms with Crippen LogP contribution in [0.15, 0.2) is 34.1 Å². The molecule has 21 heavy (non-hydrogen) atoms. The van der Waals surface area contributed by atoms with Crippen molar-refractivity contribution in [1.82, 2.24) is 4.31 Å². The molecule has 0 N–H and O–H groups in total. The minimum Gasteiger partial charge on any atom is -0.207 e. The Morgan fingerprint density at radius 3 is 1.95 bits per heavy atom. The van der Waals surface area contributed by atoms with Gasteiger partial charge in [0.1, 0.15) is 0 Å². The second kappa shape index (κ2) is 6.41. The summed E-state index contributed by atoms with van der Waals surface area (Å²) in [5, 5.41) is 0. The molecule has 5 nitrogen and oxygen atoms in total. The molecule has 0 aromatic heterocycles. The van der Waals surface area contributed by atoms with Crippen LogP contribution < -0.4 is 0 Å². The molecule has 0 aliphatic carbocycles. The number of benzene rings is 1. The van der Waals surface area contributed by atoms with Crippen LogP contribution in [0.5, 0.6) is 0 Å². The second-order valence-electron chi connectivity index (χ2n) is 5.08. The van der Waals surface area contributed by atoms with Crippen LogP contribution in [-0.2, 0) is 20.2 Å². The summed E-state index contributed by atoms with van der Waals surface area (Å²) in [7, 11) is -8.69. The van der Waals surface area contributed by atoms with E-state index in [0.717, 1.165) is 44.2 Å². The van der Waals surface area contributed by atoms with Gasteiger partial charge in [0.15, 0.2) is 0 Å². The number of hydrogen-bond acceptors (Lipinski definition) is 4. The average Bonchev–Trinajstić information content (AvgIpc) is 2.37. The molecule has 1 aromatic carbocycles. The number of halogens is 1. The molecular formula is C13H18FNO4S2. The van der Waals surface area contributed by atoms with E-state index in [0.29, 0.717) is 13.1 Å². The third-order valence-corrected chi connectivity index (χ3v) is 6.25. The van der Waals surface area contributed by atoms with Crippen LogP contribution in [0.2, 0.25) is 0 Å². The third-order valence-electron chi connectivity index (χ3n) is 3.54. The standard InChI is InChI=1S/C13H18FNO4S2/c14-20(16,17)12-7-6-8-13(11-12)21(18,19)15-9-4-2-1-3-5-10-15/h6-8,11H,1-5,9-10H2. The Morgan fingerprint density at radius 2 is 1.38 bits per heavy atom. The summed E-state index contributed by atoms with van der Waals surface area (Å²) < 4.78 is 61.3. The molecule has 1 saturated heterocycles. The van der Waals surface area contributed by atoms with Gasteiger partial charge in [0, 0.05) is 13.1 Å². The van der Waals surface area contributed by atoms with Crippen molar-refractivity contribution >= 4 is 20.2 Å². The zero-order valence-corrected chi connectivity index (χ0v) is 13.2. The van der Waals surface area contributed by atoms with Gasteiger partial charge in [-0.05, 0) is 31.0 Å². The van der Waals surface area contributed by atoms with Crippen molar-refractivity contribution in [2.45, 2.75) is 41.9 Å². The number of sulfonamides is 1. The average molecular weight is 335 g/mol. The largest absolute Gasteiger partial charge is 0.332 e. The van der Waals surface area contributed by atoms with Crippen LogP contribution in [0.25, 0.3) is 0 Å². The van der Waals surface area contributed by atoms with Crippen molar-refractivity contribution in [3.63, 3.8) is 0 Å². The summed E-state index contributed by atoms with van der Waals surface area (Å²) in [5.41, 5.74) is 0. The molecule has 0 atom stereocenters. The Balaban J connectivity index is 2.34. The van der Waals surface area contributed by atoms with Gasteiger partial charge in [0.25, 0.3) is 0 Å². The van der Waals surface area contributed by atoms with Crippen LogP contribution in [0, 0.1) is 0 Å². The van der Waals surface area contributed by atoms with Crippen LogP contribution in [0.3, 0.4) is 0 Å². The molecule has 0 radical (unpaired) electrons. The number of rotatable bonds is 3. The van der Waals surface area contributed by atoms with Gasteiger partial charge >= 0.3 is 10.2 Å². The molecule has 0 saturated carbocycles. The minimum atomic E-state index is -4.91. The lowest BCUT2D eigenvalue weighted by molar-refractivity contribution is 0.364. The highest BCUT2D eigenvalue weighted by molar-refractivity contribution is 7.89. The maximum atomic E-state index is 13.0. The number of hydrogen-bond donors (Lipinski definition) is 0. The van der Waals surface area contributed by atoms with E-state index in [1.54, 1.807) is 0 Å². The predicted octanol–water partition coefficient (Wildman–Crippen LogP) is 2.30. The van der Waals surface area contributed by atoms with Gasteiger partial charge in [-0.3, -0.25) is 0 Å². The lowest BCUT2D eigenvalue weighted by Crippen LogP contribution is -2.33. The van der Waals surface area contributed by atoms with Crippen molar-refractivity contribution < 1.29 is 20.7 Å². The molecule has 1 aromatic rings. The molecule has 0 spiro atoms. The first-order chi connectivity index (χ1) is 9.82. The van der Waals surface area contributed by atoms with Crippen molar-refractivity contribution in [3.05, 3.63) is 24.3 Å². The zero-order valence-electron chi connectivity index (χ0n) is 11.5. The van der Waals surface area contributed by atoms with Crippen molar-refractivity contribution in [3.8, 4) is 0 Å². The molecule has 1 aliphatic heterocycles. The first-order valence-corrected chi connectivity index (χ1v) is 9.69. The summed E-state index contributed by atoms with van der Waals surface area (Å²) in [6.07, 6.45) is 4.61. The third kappa shape index (κ3) is 4.02. The van der Waals surface area contributed by atoms with Gasteiger partial charge in [-0.15, -0.1) is 3.89 Å². The zero-order chi connectivity index (χ0) is 15.5. The van der Waals surface area contributed by atoms with E-state index < -0.39 is 25.1 Å². The molecule has 1 aliphatic rings. The Hall–Kier alpha value is -0.990. The van der Waals surface area contributed by atoms with Crippen molar-refractivity contribution in [2.24, 2.45) is 0 Å². The van der Waals surface area contributed by atoms with E-state index in [2.05, 4.69) is 0 Å². The van der Waals surface area contributed by atoms with Gasteiger partial charge in [0.05, 0.1) is 9.79 Å². The SMILES string of the molecule is O=S(=O)(F)c1cccc(S(=O)(=O)N2CCCCCCC2)c1. The Labute approximate surface area is 125 Å². The molecular weight excluding hydrogens is 317 g/mol. The van der Waals surface area contributed by atoms with E-state index in [1.165, 1.54) is 16.4 Å². The molecule has 8 heteroatoms. The first kappa shape index (κ1) is 16.4. The summed E-state index contributed by atoms with van der Waals surface area (Å²) in [6.45, 7) is 0.823. The normalized spacial score (nSPS) is 18.9. The van der Waals surface area contributed by atoms with Gasteiger partial charge < -0.3 is 0 Å². The lowest BCUT2D eigenvalue weighted by Gasteiger charge is -2.24. The minimum absolute atomic E-state index is 0.179. The Kier molecular flexibility index (Phi) is 5.00. The van der Waals surface area contributed by atoms with Gasteiger partial charge in [-0.1, -0.05) is 25.3 Å². The molecule has 0 bridgehead atoms. The monoisotopic (exact) mass is 335 g/mol. The highest BCUT2D eigenvalue weighted by atomic mass is 32.3. The maximum Gasteiger partial charge on any atom is 0.332 e. The quantitative estimate of drug-likeness (QED) is 0.795. The van der Waals surface area contributed by atoms with Crippen LogP contribution in [0.1, 0.15) is 32.1 Å². The van der Waals surface area contributed by atoms with Crippen LogP contribution in [0.4, 0.5) is 3.89 Å². The molecule has 0 amide bonds. The number of nitrogens with zero attached hydrogens (tertiary/aromatic N) is 1. The predicted molar refractivity (Wildman–Crippen MR) is 76.6 cm³/mol. The van der Waals surface area contributed by atoms with Gasteiger partial charge in [0.2, 0.25) is 10.0 Å². The Bertz CT molecular complexity index is 693. The van der Waals surface area contributed by atoms with Crippen LogP contribution >= 0.6 is 0 Å². The lowest BCUT2D eigenvalue weighted by atomic mass is 10.1. The topological polar surface area (TPSA) is 71.5 Å². The fraction of sp³-hybridized carbons (Fsp3) is 0.538. The van der Waals surface area contributed by atoms with E-state index in [-0.39, 0.29) is 4.90 Å². The molecule has 1 fully saturated rings. The fourth-order valence-electron chi connectivity index (χ4n) is 2.39. The molecule has 118 valence electrons. The van der Waals surface area contributed by atoms with Crippen molar-refractivity contribution in [2.75, 3.05) is 13.1 Å². The fourth-order valence-corrected chi connectivity index (χ4v) is 4.54. The Morgan fingerprint density at radius 1 is 0.857 bits per heavy atom. The van der Waals surface area contributed by atoms with E-state index in [4.69, 9.17) is 0 Å². The van der Waals surface area contributed by atoms with Gasteiger partial charge in [-0.25, -0.2) is 8.42 Å². The summed E-state index contributed by atoms with van der Waals surface area (Å²) >= 11 is 0. The molecule has 2 rings (SSSR count). The van der Waals surface area contributed by atoms with Gasteiger partial charge in [-0.2, -0.15) is 12.7 Å². The highest BCUT2D eigenvalue weighted by Gasteiger charge is 2.26.